The molecule has 42 nitrogen and oxygen atoms in total. The molecule has 14 atom stereocenters. The maximum absolute atomic E-state index is 14.3. The van der Waals surface area contributed by atoms with E-state index < -0.39 is 250 Å². The van der Waals surface area contributed by atoms with Crippen LogP contribution in [0.5, 0.6) is 5.75 Å². The lowest BCUT2D eigenvalue weighted by atomic mass is 9.97. The average Bonchev–Trinajstić information content (AvgIpc) is 1.64. The topological polar surface area (TPSA) is 688 Å². The van der Waals surface area contributed by atoms with Crippen molar-refractivity contribution in [3.8, 4) is 5.75 Å². The number of hydrogen-bond donors (Lipinski definition) is 25. The number of carbonyl (C=O) groups is 17. The highest BCUT2D eigenvalue weighted by atomic mass is 16.4. The first-order valence-corrected chi connectivity index (χ1v) is 37.1. The molecule has 14 amide bonds. The van der Waals surface area contributed by atoms with Gasteiger partial charge in [-0.15, -0.1) is 0 Å². The van der Waals surface area contributed by atoms with Crippen LogP contribution < -0.4 is 85.9 Å². The molecule has 0 fully saturated rings. The quantitative estimate of drug-likeness (QED) is 0.0183. The molecule has 4 aromatic rings. The van der Waals surface area contributed by atoms with Crippen LogP contribution in [0.2, 0.25) is 0 Å². The maximum Gasteiger partial charge on any atom is 0.326 e. The Morgan fingerprint density at radius 3 is 1.43 bits per heavy atom. The van der Waals surface area contributed by atoms with Gasteiger partial charge in [0.05, 0.1) is 58.0 Å². The number of phenols is 1. The van der Waals surface area contributed by atoms with E-state index in [0.717, 1.165) is 17.8 Å². The van der Waals surface area contributed by atoms with Crippen molar-refractivity contribution in [2.75, 3.05) is 46.0 Å². The number of phenolic OH excluding ortho intramolecular Hbond substituents is 1. The third-order valence-corrected chi connectivity index (χ3v) is 18.1. The second kappa shape index (κ2) is 48.7. The van der Waals surface area contributed by atoms with Gasteiger partial charge >= 0.3 is 17.9 Å². The number of carboxylic acids is 3. The summed E-state index contributed by atoms with van der Waals surface area (Å²) < 4.78 is 0. The van der Waals surface area contributed by atoms with E-state index in [9.17, 15) is 117 Å². The Balaban J connectivity index is 1.45. The van der Waals surface area contributed by atoms with Crippen LogP contribution in [0.3, 0.4) is 0 Å². The van der Waals surface area contributed by atoms with Crippen molar-refractivity contribution >= 4 is 112 Å². The predicted molar refractivity (Wildman–Crippen MR) is 409 cm³/mol. The fourth-order valence-electron chi connectivity index (χ4n) is 11.3. The summed E-state index contributed by atoms with van der Waals surface area (Å²) in [5.74, 6) is -21.4. The minimum Gasteiger partial charge on any atom is -0.508 e. The van der Waals surface area contributed by atoms with Crippen molar-refractivity contribution in [2.45, 2.75) is 177 Å². The molecule has 0 aliphatic heterocycles. The Labute approximate surface area is 665 Å². The van der Waals surface area contributed by atoms with Gasteiger partial charge in [0.1, 0.15) is 72.2 Å². The van der Waals surface area contributed by atoms with E-state index in [1.165, 1.54) is 45.0 Å². The van der Waals surface area contributed by atoms with Crippen LogP contribution in [0, 0.1) is 11.8 Å². The van der Waals surface area contributed by atoms with Crippen molar-refractivity contribution in [1.82, 2.24) is 79.4 Å². The third kappa shape index (κ3) is 32.3. The van der Waals surface area contributed by atoms with Crippen molar-refractivity contribution in [1.29, 1.82) is 0 Å². The van der Waals surface area contributed by atoms with Crippen molar-refractivity contribution in [2.24, 2.45) is 23.3 Å². The number of fused-ring (bicyclic) bond motifs is 1. The molecule has 1 heterocycles. The van der Waals surface area contributed by atoms with Gasteiger partial charge in [-0.1, -0.05) is 94.8 Å². The molecule has 0 aliphatic rings. The Morgan fingerprint density at radius 2 is 0.879 bits per heavy atom. The zero-order valence-corrected chi connectivity index (χ0v) is 64.4. The minimum atomic E-state index is -1.93. The highest BCUT2D eigenvalue weighted by Crippen LogP contribution is 2.20. The SMILES string of the molecule is CC[C@H](C)[C@H](NC(=O)[C@H](CC(=O)O)NC(=O)[C@H](CCCCN)NC(=O)[C@H](CO)NC(=O)[C@@H](N)Cc1c[nH]c2ccccc12)C(=O)NCC(=O)N[C@@H](Cc1ccc(O)cc1)C(=O)N[C@@H](CO)C(=O)N[C@@H](Cc1ccccc1)C(=O)N[C@H](C(=O)N[C@H](C(=O)NCC(=O)NCC(=O)N[C@@H](CO)C(=O)N[C@@H](CCC(=O)O)C(=O)O)C(C)C)[C@@H](C)O. The number of aromatic hydroxyl groups is 1. The molecule has 0 saturated carbocycles. The van der Waals surface area contributed by atoms with Crippen molar-refractivity contribution in [3.05, 3.63) is 102 Å². The highest BCUT2D eigenvalue weighted by Gasteiger charge is 2.38. The minimum absolute atomic E-state index is 0.0312. The van der Waals surface area contributed by atoms with Crippen LogP contribution in [0.4, 0.5) is 0 Å². The maximum atomic E-state index is 14.3. The standard InChI is InChI=1S/C74H105N17O25/c1-6-38(4)61(90-67(108)51(29-59(102)103)86-64(105)47(18-12-13-25-75)83-69(110)53(35-93)87-63(104)45(76)28-42-30-77-46-17-11-10-16-44(42)46)72(113)80-33-57(99)81-49(27-41-19-21-43(96)22-20-41)65(106)88-54(36-94)70(111)85-50(26-40-14-8-7-9-15-40)66(107)91-62(39(5)95)73(114)89-60(37(2)3)71(112)79-31-55(97)78-32-56(98)82-52(34-92)68(109)84-48(74(115)116)23-24-58(100)101/h7-11,14-17,19-22,30,37-39,45,47-54,60-62,77,92-96H,6,12-13,18,23-29,31-36,75-76H2,1-5H3,(H,78,97)(H,79,112)(H,80,113)(H,81,99)(H,82,98)(H,83,110)(H,84,109)(H,85,111)(H,86,105)(H,87,104)(H,88,106)(H,89,114)(H,90,108)(H,91,107)(H,100,101)(H,102,103)(H,115,116)/t38-,39+,45-,47-,48-,49-,50-,51-,52-,53-,54-,60-,61-,62-/m0/s1. The number of aliphatic carboxylic acids is 3. The van der Waals surface area contributed by atoms with Gasteiger partial charge < -0.3 is 132 Å². The number of aliphatic hydroxyl groups is 4. The molecule has 0 unspecified atom stereocenters. The summed E-state index contributed by atoms with van der Waals surface area (Å²) in [6, 6.07) is 0.505. The van der Waals surface area contributed by atoms with Gasteiger partial charge in [-0.25, -0.2) is 4.79 Å². The average molecular weight is 1630 g/mol. The Morgan fingerprint density at radius 1 is 0.431 bits per heavy atom. The summed E-state index contributed by atoms with van der Waals surface area (Å²) in [5.41, 5.74) is 14.1. The summed E-state index contributed by atoms with van der Waals surface area (Å²) in [6.45, 7) is 1.62. The molecule has 0 saturated heterocycles. The normalized spacial score (nSPS) is 14.7. The van der Waals surface area contributed by atoms with Gasteiger partial charge in [0.15, 0.2) is 0 Å². The van der Waals surface area contributed by atoms with E-state index in [-0.39, 0.29) is 50.8 Å². The number of unbranched alkanes of at least 4 members (excludes halogenated alkanes) is 1. The number of amides is 14. The molecule has 636 valence electrons. The first kappa shape index (κ1) is 96.1. The number of para-hydroxylation sites is 1. The number of nitrogens with two attached hydrogens (primary N) is 2. The third-order valence-electron chi connectivity index (χ3n) is 18.1. The first-order valence-electron chi connectivity index (χ1n) is 37.1. The van der Waals surface area contributed by atoms with Crippen LogP contribution in [0.15, 0.2) is 85.1 Å². The summed E-state index contributed by atoms with van der Waals surface area (Å²) in [4.78, 5) is 229. The molecule has 0 radical (unpaired) electrons. The molecule has 0 bridgehead atoms. The smallest absolute Gasteiger partial charge is 0.326 e. The number of carboxylic acid groups (broad SMARTS) is 3. The van der Waals surface area contributed by atoms with Crippen LogP contribution in [0.1, 0.15) is 96.3 Å². The molecule has 1 aromatic heterocycles. The largest absolute Gasteiger partial charge is 0.508 e. The summed E-state index contributed by atoms with van der Waals surface area (Å²) in [6.07, 6.45) is -2.40. The summed E-state index contributed by atoms with van der Waals surface area (Å²) >= 11 is 0. The highest BCUT2D eigenvalue weighted by molar-refractivity contribution is 6.01. The number of hydrogen-bond acceptors (Lipinski definition) is 24. The zero-order chi connectivity index (χ0) is 86.5. The predicted octanol–water partition coefficient (Wildman–Crippen LogP) is -7.48. The van der Waals surface area contributed by atoms with E-state index in [1.807, 2.05) is 23.5 Å². The monoisotopic (exact) mass is 1630 g/mol. The summed E-state index contributed by atoms with van der Waals surface area (Å²) in [7, 11) is 0. The number of aliphatic hydroxyl groups excluding tert-OH is 4. The van der Waals surface area contributed by atoms with Crippen LogP contribution in [0.25, 0.3) is 10.9 Å². The number of carbonyl (C=O) groups excluding carboxylic acids is 14. The van der Waals surface area contributed by atoms with E-state index in [4.69, 9.17) is 16.6 Å². The molecule has 0 spiro atoms. The van der Waals surface area contributed by atoms with Gasteiger partial charge in [-0.05, 0) is 92.3 Å². The molecule has 27 N–H and O–H groups in total. The molecule has 0 aliphatic carbocycles. The second-order valence-electron chi connectivity index (χ2n) is 27.6. The number of aromatic nitrogens is 1. The van der Waals surface area contributed by atoms with E-state index >= 15 is 0 Å². The Kier molecular flexibility index (Phi) is 40.4. The lowest BCUT2D eigenvalue weighted by molar-refractivity contribution is -0.144. The molecule has 4 rings (SSSR count). The number of benzene rings is 3. The zero-order valence-electron chi connectivity index (χ0n) is 64.4. The fourth-order valence-corrected chi connectivity index (χ4v) is 11.3. The van der Waals surface area contributed by atoms with Crippen LogP contribution in [-0.4, -0.2) is 271 Å². The second-order valence-corrected chi connectivity index (χ2v) is 27.6. The van der Waals surface area contributed by atoms with Gasteiger partial charge in [0.25, 0.3) is 0 Å². The molecular weight excluding hydrogens is 1530 g/mol. The lowest BCUT2D eigenvalue weighted by Crippen LogP contribution is -2.62. The molecule has 3 aromatic carbocycles. The molecular formula is C74H105N17O25. The Hall–Kier alpha value is -12.2. The van der Waals surface area contributed by atoms with Gasteiger partial charge in [0.2, 0.25) is 82.7 Å². The van der Waals surface area contributed by atoms with Crippen LogP contribution >= 0.6 is 0 Å². The van der Waals surface area contributed by atoms with Gasteiger partial charge in [-0.2, -0.15) is 0 Å². The summed E-state index contributed by atoms with van der Waals surface area (Å²) in [5, 5.41) is 113. The van der Waals surface area contributed by atoms with Crippen LogP contribution in [-0.2, 0) is 101 Å². The van der Waals surface area contributed by atoms with Gasteiger partial charge in [0, 0.05) is 36.4 Å². The van der Waals surface area contributed by atoms with E-state index in [0.29, 0.717) is 23.1 Å². The number of nitrogens with one attached hydrogen (secondary N) is 15. The Bertz CT molecular complexity index is 4050. The van der Waals surface area contributed by atoms with Gasteiger partial charge in [-0.3, -0.25) is 76.7 Å². The van der Waals surface area contributed by atoms with Crippen molar-refractivity contribution < 1.29 is 122 Å². The van der Waals surface area contributed by atoms with Crippen molar-refractivity contribution in [3.63, 3.8) is 0 Å². The lowest BCUT2D eigenvalue weighted by Gasteiger charge is -2.28. The van der Waals surface area contributed by atoms with E-state index in [2.05, 4.69) is 74.1 Å². The number of H-pyrrole nitrogens is 1. The number of rotatable bonds is 51. The van der Waals surface area contributed by atoms with E-state index in [1.54, 1.807) is 49.5 Å². The molecule has 42 heteroatoms. The fraction of sp³-hybridized carbons (Fsp3) is 0.500. The number of aromatic amines is 1. The molecule has 116 heavy (non-hydrogen) atoms. The first-order chi connectivity index (χ1) is 54.9.